The zero-order valence-electron chi connectivity index (χ0n) is 6.28. The Morgan fingerprint density at radius 2 is 2.17 bits per heavy atom. The molecule has 3 nitrogen and oxygen atoms in total. The summed E-state index contributed by atoms with van der Waals surface area (Å²) in [5.41, 5.74) is 0.697. The number of nitriles is 2. The van der Waals surface area contributed by atoms with E-state index >= 15 is 0 Å². The number of hydrogen-bond acceptors (Lipinski definition) is 2. The molecule has 3 heteroatoms. The van der Waals surface area contributed by atoms with Crippen molar-refractivity contribution in [2.24, 2.45) is 0 Å². The van der Waals surface area contributed by atoms with Gasteiger partial charge in [0.05, 0.1) is 12.1 Å². The summed E-state index contributed by atoms with van der Waals surface area (Å²) in [5, 5.41) is 17.2. The lowest BCUT2D eigenvalue weighted by Crippen LogP contribution is -1.97. The lowest BCUT2D eigenvalue weighted by atomic mass is 10.3. The average Bonchev–Trinajstić information content (AvgIpc) is 2.47. The van der Waals surface area contributed by atoms with Crippen molar-refractivity contribution < 1.29 is 0 Å². The summed E-state index contributed by atoms with van der Waals surface area (Å²) in [7, 11) is 0. The van der Waals surface area contributed by atoms with Crippen LogP contribution in [0.15, 0.2) is 12.3 Å². The van der Waals surface area contributed by atoms with E-state index in [2.05, 4.69) is 5.92 Å². The predicted octanol–water partition coefficient (Wildman–Crippen LogP) is 0.865. The Hall–Kier alpha value is -2.18. The molecule has 0 saturated carbocycles. The first-order valence-electron chi connectivity index (χ1n) is 3.26. The van der Waals surface area contributed by atoms with E-state index in [-0.39, 0.29) is 0 Å². The minimum Gasteiger partial charge on any atom is -0.327 e. The van der Waals surface area contributed by atoms with Crippen molar-refractivity contribution in [2.45, 2.75) is 6.54 Å². The normalized spacial score (nSPS) is 8.08. The van der Waals surface area contributed by atoms with E-state index in [1.54, 1.807) is 16.8 Å². The highest BCUT2D eigenvalue weighted by molar-refractivity contribution is 5.42. The Bertz CT molecular complexity index is 406. The second-order valence-electron chi connectivity index (χ2n) is 2.13. The van der Waals surface area contributed by atoms with E-state index in [0.717, 1.165) is 0 Å². The molecule has 1 heterocycles. The minimum atomic E-state index is 0.324. The summed E-state index contributed by atoms with van der Waals surface area (Å²) in [5.74, 6) is 2.40. The van der Waals surface area contributed by atoms with Gasteiger partial charge in [0.15, 0.2) is 0 Å². The summed E-state index contributed by atoms with van der Waals surface area (Å²) in [6.45, 7) is 0.324. The van der Waals surface area contributed by atoms with E-state index < -0.39 is 0 Å². The lowest BCUT2D eigenvalue weighted by Gasteiger charge is -1.95. The van der Waals surface area contributed by atoms with Crippen LogP contribution in [-0.2, 0) is 6.54 Å². The van der Waals surface area contributed by atoms with Gasteiger partial charge in [-0.15, -0.1) is 6.42 Å². The summed E-state index contributed by atoms with van der Waals surface area (Å²) in [6.07, 6.45) is 6.71. The van der Waals surface area contributed by atoms with Crippen LogP contribution in [0.1, 0.15) is 11.3 Å². The molecule has 0 atom stereocenters. The first-order valence-corrected chi connectivity index (χ1v) is 3.26. The SMILES string of the molecule is C#CCn1ccc(C#N)c1C#N. The number of aromatic nitrogens is 1. The molecule has 0 amide bonds. The third-order valence-corrected chi connectivity index (χ3v) is 1.45. The van der Waals surface area contributed by atoms with Gasteiger partial charge in [-0.1, -0.05) is 5.92 Å². The monoisotopic (exact) mass is 155 g/mol. The van der Waals surface area contributed by atoms with Gasteiger partial charge < -0.3 is 4.57 Å². The van der Waals surface area contributed by atoms with Gasteiger partial charge in [-0.05, 0) is 6.07 Å². The molecule has 1 aromatic rings. The first-order chi connectivity index (χ1) is 5.83. The topological polar surface area (TPSA) is 52.5 Å². The standard InChI is InChI=1S/C9H5N3/c1-2-4-12-5-3-8(6-10)9(12)7-11/h1,3,5H,4H2. The van der Waals surface area contributed by atoms with Crippen molar-refractivity contribution in [3.8, 4) is 24.5 Å². The van der Waals surface area contributed by atoms with Gasteiger partial charge in [0, 0.05) is 6.20 Å². The van der Waals surface area contributed by atoms with Crippen LogP contribution in [0.3, 0.4) is 0 Å². The zero-order chi connectivity index (χ0) is 8.97. The lowest BCUT2D eigenvalue weighted by molar-refractivity contribution is 0.835. The highest BCUT2D eigenvalue weighted by Crippen LogP contribution is 2.07. The third kappa shape index (κ3) is 1.15. The summed E-state index contributed by atoms with van der Waals surface area (Å²) in [4.78, 5) is 0. The Morgan fingerprint density at radius 1 is 1.42 bits per heavy atom. The van der Waals surface area contributed by atoms with Crippen LogP contribution < -0.4 is 0 Å². The Labute approximate surface area is 70.5 Å². The molecule has 0 radical (unpaired) electrons. The van der Waals surface area contributed by atoms with E-state index in [1.165, 1.54) is 0 Å². The fourth-order valence-corrected chi connectivity index (χ4v) is 0.917. The van der Waals surface area contributed by atoms with Crippen LogP contribution in [0.4, 0.5) is 0 Å². The smallest absolute Gasteiger partial charge is 0.139 e. The van der Waals surface area contributed by atoms with E-state index in [0.29, 0.717) is 17.8 Å². The quantitative estimate of drug-likeness (QED) is 0.565. The second-order valence-corrected chi connectivity index (χ2v) is 2.13. The summed E-state index contributed by atoms with van der Waals surface area (Å²) < 4.78 is 1.57. The van der Waals surface area contributed by atoms with E-state index in [9.17, 15) is 0 Å². The molecule has 1 aromatic heterocycles. The summed E-state index contributed by atoms with van der Waals surface area (Å²) >= 11 is 0. The van der Waals surface area contributed by atoms with Crippen LogP contribution >= 0.6 is 0 Å². The van der Waals surface area contributed by atoms with Crippen LogP contribution in [0.5, 0.6) is 0 Å². The first kappa shape index (κ1) is 7.92. The van der Waals surface area contributed by atoms with Gasteiger partial charge in [-0.2, -0.15) is 10.5 Å². The van der Waals surface area contributed by atoms with Crippen LogP contribution in [0, 0.1) is 35.0 Å². The third-order valence-electron chi connectivity index (χ3n) is 1.45. The fraction of sp³-hybridized carbons (Fsp3) is 0.111. The maximum atomic E-state index is 8.66. The molecule has 0 N–H and O–H groups in total. The molecular formula is C9H5N3. The maximum absolute atomic E-state index is 8.66. The Kier molecular flexibility index (Phi) is 2.17. The second kappa shape index (κ2) is 3.28. The molecule has 0 aliphatic heterocycles. The van der Waals surface area contributed by atoms with Gasteiger partial charge >= 0.3 is 0 Å². The van der Waals surface area contributed by atoms with E-state index in [4.69, 9.17) is 16.9 Å². The largest absolute Gasteiger partial charge is 0.327 e. The molecule has 12 heavy (non-hydrogen) atoms. The molecule has 0 saturated heterocycles. The van der Waals surface area contributed by atoms with Gasteiger partial charge in [0.2, 0.25) is 0 Å². The van der Waals surface area contributed by atoms with Gasteiger partial charge in [0.25, 0.3) is 0 Å². The summed E-state index contributed by atoms with van der Waals surface area (Å²) in [6, 6.07) is 5.42. The Balaban J connectivity index is 3.20. The van der Waals surface area contributed by atoms with Crippen molar-refractivity contribution >= 4 is 0 Å². The fourth-order valence-electron chi connectivity index (χ4n) is 0.917. The van der Waals surface area contributed by atoms with Crippen molar-refractivity contribution in [1.29, 1.82) is 10.5 Å². The van der Waals surface area contributed by atoms with Gasteiger partial charge in [-0.25, -0.2) is 0 Å². The van der Waals surface area contributed by atoms with Crippen molar-refractivity contribution in [2.75, 3.05) is 0 Å². The maximum Gasteiger partial charge on any atom is 0.139 e. The van der Waals surface area contributed by atoms with Crippen LogP contribution in [0.2, 0.25) is 0 Å². The van der Waals surface area contributed by atoms with E-state index in [1.807, 2.05) is 12.1 Å². The molecule has 0 spiro atoms. The van der Waals surface area contributed by atoms with Gasteiger partial charge in [0.1, 0.15) is 17.8 Å². The molecule has 56 valence electrons. The average molecular weight is 155 g/mol. The number of nitrogens with zero attached hydrogens (tertiary/aromatic N) is 3. The number of rotatable bonds is 1. The molecule has 1 rings (SSSR count). The van der Waals surface area contributed by atoms with Crippen molar-refractivity contribution in [1.82, 2.24) is 4.57 Å². The highest BCUT2D eigenvalue weighted by Gasteiger charge is 2.05. The van der Waals surface area contributed by atoms with Gasteiger partial charge in [-0.3, -0.25) is 0 Å². The molecule has 0 aromatic carbocycles. The molecule has 0 aliphatic carbocycles. The molecule has 0 aliphatic rings. The van der Waals surface area contributed by atoms with Crippen molar-refractivity contribution in [3.05, 3.63) is 23.5 Å². The molecule has 0 fully saturated rings. The number of hydrogen-bond donors (Lipinski definition) is 0. The molecule has 0 unspecified atom stereocenters. The highest BCUT2D eigenvalue weighted by atomic mass is 15.0. The molecule has 0 bridgehead atoms. The van der Waals surface area contributed by atoms with Crippen LogP contribution in [0.25, 0.3) is 0 Å². The minimum absolute atomic E-state index is 0.324. The van der Waals surface area contributed by atoms with Crippen LogP contribution in [-0.4, -0.2) is 4.57 Å². The van der Waals surface area contributed by atoms with Crippen molar-refractivity contribution in [3.63, 3.8) is 0 Å². The zero-order valence-corrected chi connectivity index (χ0v) is 6.28. The molecular weight excluding hydrogens is 150 g/mol. The Morgan fingerprint density at radius 3 is 2.67 bits per heavy atom. The number of terminal acetylenes is 1. The predicted molar refractivity (Wildman–Crippen MR) is 42.7 cm³/mol.